The Labute approximate surface area is 170 Å². The van der Waals surface area contributed by atoms with Crippen LogP contribution in [0.1, 0.15) is 20.3 Å². The number of hydrogen-bond acceptors (Lipinski definition) is 7. The molecular formula is C20H36N4O3S. The largest absolute Gasteiger partial charge is 0.495 e. The number of nitrogen functional groups attached to an aromatic ring is 1. The number of piperidine rings is 1. The zero-order valence-electron chi connectivity index (χ0n) is 16.4. The van der Waals surface area contributed by atoms with Crippen molar-refractivity contribution in [1.82, 2.24) is 9.80 Å². The summed E-state index contributed by atoms with van der Waals surface area (Å²) in [5.74, 6) is 0.996. The fourth-order valence-electron chi connectivity index (χ4n) is 4.03. The van der Waals surface area contributed by atoms with Gasteiger partial charge in [0.05, 0.1) is 18.6 Å². The van der Waals surface area contributed by atoms with Gasteiger partial charge < -0.3 is 15.4 Å². The normalized spacial score (nSPS) is 20.0. The fraction of sp³-hybridized carbons (Fsp3) is 0.700. The molecule has 8 heteroatoms. The Hall–Kier alpha value is -1.51. The number of nitrogens with zero attached hydrogens (tertiary/aromatic N) is 3. The van der Waals surface area contributed by atoms with Crippen molar-refractivity contribution in [3.8, 4) is 5.75 Å². The molecule has 0 radical (unpaired) electrons. The Balaban J connectivity index is 0.00000280. The summed E-state index contributed by atoms with van der Waals surface area (Å²) in [6.45, 7) is 6.71. The molecule has 0 atom stereocenters. The summed E-state index contributed by atoms with van der Waals surface area (Å²) in [6.07, 6.45) is 3.61. The molecule has 3 rings (SSSR count). The van der Waals surface area contributed by atoms with E-state index in [1.165, 1.54) is 11.9 Å². The van der Waals surface area contributed by atoms with Crippen LogP contribution < -0.4 is 15.4 Å². The average molecular weight is 413 g/mol. The van der Waals surface area contributed by atoms with Crippen LogP contribution in [0.15, 0.2) is 18.2 Å². The third-order valence-electron chi connectivity index (χ3n) is 5.75. The Kier molecular flexibility index (Phi) is 7.97. The maximum absolute atomic E-state index is 11.3. The lowest BCUT2D eigenvalue weighted by Gasteiger charge is -2.43. The van der Waals surface area contributed by atoms with Gasteiger partial charge in [0, 0.05) is 69.9 Å². The van der Waals surface area contributed by atoms with Gasteiger partial charge in [-0.1, -0.05) is 7.43 Å². The molecule has 1 aromatic carbocycles. The number of rotatable bonds is 6. The highest BCUT2D eigenvalue weighted by atomic mass is 32.2. The fourth-order valence-corrected chi connectivity index (χ4v) is 4.62. The van der Waals surface area contributed by atoms with Crippen LogP contribution >= 0.6 is 0 Å². The molecule has 7 nitrogen and oxygen atoms in total. The Morgan fingerprint density at radius 3 is 2.32 bits per heavy atom. The summed E-state index contributed by atoms with van der Waals surface area (Å²) in [5.41, 5.74) is 7.76. The number of benzene rings is 1. The number of piperazine rings is 1. The Bertz CT molecular complexity index is 725. The first-order valence-electron chi connectivity index (χ1n) is 9.68. The van der Waals surface area contributed by atoms with E-state index >= 15 is 0 Å². The van der Waals surface area contributed by atoms with Gasteiger partial charge >= 0.3 is 0 Å². The van der Waals surface area contributed by atoms with Crippen LogP contribution in [0.3, 0.4) is 0 Å². The molecule has 2 heterocycles. The smallest absolute Gasteiger partial charge is 0.148 e. The van der Waals surface area contributed by atoms with E-state index in [1.54, 1.807) is 7.11 Å². The molecule has 2 aliphatic rings. The van der Waals surface area contributed by atoms with E-state index in [0.717, 1.165) is 57.9 Å². The molecule has 28 heavy (non-hydrogen) atoms. The summed E-state index contributed by atoms with van der Waals surface area (Å²) in [6, 6.07) is 6.62. The average Bonchev–Trinajstić information content (AvgIpc) is 2.67. The second-order valence-corrected chi connectivity index (χ2v) is 9.91. The number of ether oxygens (including phenoxy) is 1. The lowest BCUT2D eigenvalue weighted by Crippen LogP contribution is -2.53. The molecule has 0 aliphatic carbocycles. The molecule has 0 amide bonds. The highest BCUT2D eigenvalue weighted by Crippen LogP contribution is 2.30. The van der Waals surface area contributed by atoms with Crippen LogP contribution in [0.25, 0.3) is 0 Å². The van der Waals surface area contributed by atoms with Crippen molar-refractivity contribution in [3.63, 3.8) is 0 Å². The highest BCUT2D eigenvalue weighted by Gasteiger charge is 2.28. The van der Waals surface area contributed by atoms with E-state index in [1.807, 2.05) is 12.1 Å². The van der Waals surface area contributed by atoms with Crippen molar-refractivity contribution in [3.05, 3.63) is 18.2 Å². The minimum Gasteiger partial charge on any atom is -0.495 e. The number of methoxy groups -OCH3 is 1. The summed E-state index contributed by atoms with van der Waals surface area (Å²) in [5, 5.41) is 0. The van der Waals surface area contributed by atoms with Crippen LogP contribution in [0.2, 0.25) is 0 Å². The summed E-state index contributed by atoms with van der Waals surface area (Å²) in [4.78, 5) is 7.26. The van der Waals surface area contributed by atoms with Crippen molar-refractivity contribution >= 4 is 21.2 Å². The van der Waals surface area contributed by atoms with Crippen molar-refractivity contribution in [2.45, 2.75) is 26.3 Å². The lowest BCUT2D eigenvalue weighted by atomic mass is 10.0. The van der Waals surface area contributed by atoms with Gasteiger partial charge in [-0.3, -0.25) is 9.80 Å². The van der Waals surface area contributed by atoms with E-state index in [0.29, 0.717) is 18.3 Å². The lowest BCUT2D eigenvalue weighted by molar-refractivity contribution is 0.0882. The molecule has 1 aromatic rings. The van der Waals surface area contributed by atoms with Gasteiger partial charge in [-0.05, 0) is 25.0 Å². The number of sulfone groups is 1. The summed E-state index contributed by atoms with van der Waals surface area (Å²) >= 11 is 0. The molecule has 0 unspecified atom stereocenters. The topological polar surface area (TPSA) is 79.1 Å². The molecule has 0 spiro atoms. The summed E-state index contributed by atoms with van der Waals surface area (Å²) in [7, 11) is -1.23. The molecule has 160 valence electrons. The van der Waals surface area contributed by atoms with E-state index in [4.69, 9.17) is 10.5 Å². The minimum absolute atomic E-state index is 0. The van der Waals surface area contributed by atoms with Crippen LogP contribution in [-0.2, 0) is 9.84 Å². The predicted molar refractivity (Wildman–Crippen MR) is 117 cm³/mol. The zero-order chi connectivity index (χ0) is 19.4. The van der Waals surface area contributed by atoms with Gasteiger partial charge in [-0.25, -0.2) is 8.42 Å². The molecule has 2 saturated heterocycles. The first-order chi connectivity index (χ1) is 12.9. The maximum Gasteiger partial charge on any atom is 0.148 e. The van der Waals surface area contributed by atoms with Crippen LogP contribution in [0.4, 0.5) is 11.4 Å². The molecule has 2 fully saturated rings. The number of anilines is 2. The van der Waals surface area contributed by atoms with Gasteiger partial charge in [0.25, 0.3) is 0 Å². The maximum atomic E-state index is 11.3. The van der Waals surface area contributed by atoms with E-state index in [-0.39, 0.29) is 13.2 Å². The van der Waals surface area contributed by atoms with Crippen molar-refractivity contribution < 1.29 is 13.2 Å². The SMILES string of the molecule is C.COc1cc(N2CCC(N3CCN(CCS(C)(=O)=O)CC3)CC2)ccc1N. The predicted octanol–water partition coefficient (Wildman–Crippen LogP) is 1.54. The van der Waals surface area contributed by atoms with Gasteiger partial charge in [0.15, 0.2) is 0 Å². The van der Waals surface area contributed by atoms with Gasteiger partial charge in [0.2, 0.25) is 0 Å². The molecule has 0 saturated carbocycles. The first-order valence-corrected chi connectivity index (χ1v) is 11.7. The van der Waals surface area contributed by atoms with Crippen molar-refractivity contribution in [2.75, 3.05) is 75.6 Å². The first kappa shape index (κ1) is 22.8. The molecule has 0 aromatic heterocycles. The molecule has 0 bridgehead atoms. The number of hydrogen-bond donors (Lipinski definition) is 1. The molecule has 2 aliphatic heterocycles. The van der Waals surface area contributed by atoms with E-state index in [2.05, 4.69) is 20.8 Å². The van der Waals surface area contributed by atoms with Crippen molar-refractivity contribution in [2.24, 2.45) is 0 Å². The van der Waals surface area contributed by atoms with Crippen molar-refractivity contribution in [1.29, 1.82) is 0 Å². The zero-order valence-corrected chi connectivity index (χ0v) is 17.2. The monoisotopic (exact) mass is 412 g/mol. The highest BCUT2D eigenvalue weighted by molar-refractivity contribution is 7.90. The van der Waals surface area contributed by atoms with Crippen LogP contribution in [0, 0.1) is 0 Å². The van der Waals surface area contributed by atoms with Gasteiger partial charge in [-0.2, -0.15) is 0 Å². The quantitative estimate of drug-likeness (QED) is 0.710. The van der Waals surface area contributed by atoms with Gasteiger partial charge in [-0.15, -0.1) is 0 Å². The Morgan fingerprint density at radius 1 is 1.11 bits per heavy atom. The third-order valence-corrected chi connectivity index (χ3v) is 6.67. The summed E-state index contributed by atoms with van der Waals surface area (Å²) < 4.78 is 28.0. The second kappa shape index (κ2) is 9.80. The second-order valence-electron chi connectivity index (χ2n) is 7.65. The van der Waals surface area contributed by atoms with E-state index in [9.17, 15) is 8.42 Å². The van der Waals surface area contributed by atoms with Crippen LogP contribution in [0.5, 0.6) is 5.75 Å². The van der Waals surface area contributed by atoms with E-state index < -0.39 is 9.84 Å². The third kappa shape index (κ3) is 5.99. The number of nitrogens with two attached hydrogens (primary N) is 1. The standard InChI is InChI=1S/C19H32N4O3S.CH4/c1-26-19-15-17(3-4-18(19)20)22-7-5-16(6-8-22)23-11-9-21(10-12-23)13-14-27(2,24)25;/h3-4,15-16H,5-14,20H2,1-2H3;1H4. The minimum atomic E-state index is -2.88. The molecule has 2 N–H and O–H groups in total. The molecular weight excluding hydrogens is 376 g/mol. The van der Waals surface area contributed by atoms with Crippen LogP contribution in [-0.4, -0.2) is 89.2 Å². The Morgan fingerprint density at radius 2 is 1.75 bits per heavy atom. The van der Waals surface area contributed by atoms with Gasteiger partial charge in [0.1, 0.15) is 15.6 Å².